The highest BCUT2D eigenvalue weighted by Gasteiger charge is 2.13. The highest BCUT2D eigenvalue weighted by atomic mass is 79.9. The van der Waals surface area contributed by atoms with Crippen molar-refractivity contribution in [1.82, 2.24) is 0 Å². The molecule has 0 saturated carbocycles. The second kappa shape index (κ2) is 6.12. The lowest BCUT2D eigenvalue weighted by Crippen LogP contribution is -2.08. The van der Waals surface area contributed by atoms with Crippen LogP contribution < -0.4 is 5.32 Å². The van der Waals surface area contributed by atoms with Crippen LogP contribution in [0.15, 0.2) is 40.9 Å². The highest BCUT2D eigenvalue weighted by molar-refractivity contribution is 9.10. The van der Waals surface area contributed by atoms with Gasteiger partial charge in [0.1, 0.15) is 6.04 Å². The predicted octanol–water partition coefficient (Wildman–Crippen LogP) is 4.62. The van der Waals surface area contributed by atoms with Crippen molar-refractivity contribution in [3.63, 3.8) is 0 Å². The number of hydrogen-bond donors (Lipinski definition) is 2. The summed E-state index contributed by atoms with van der Waals surface area (Å²) in [6, 6.07) is 10.3. The van der Waals surface area contributed by atoms with Gasteiger partial charge in [-0.1, -0.05) is 17.7 Å². The summed E-state index contributed by atoms with van der Waals surface area (Å²) in [6.45, 7) is 0. The van der Waals surface area contributed by atoms with Crippen molar-refractivity contribution >= 4 is 33.2 Å². The zero-order chi connectivity index (χ0) is 14.7. The third-order valence-corrected chi connectivity index (χ3v) is 3.88. The Kier molecular flexibility index (Phi) is 4.48. The van der Waals surface area contributed by atoms with Gasteiger partial charge in [0.25, 0.3) is 0 Å². The van der Waals surface area contributed by atoms with Gasteiger partial charge in [0.05, 0.1) is 11.1 Å². The Morgan fingerprint density at radius 2 is 2.05 bits per heavy atom. The number of phenolic OH excluding ortho intramolecular Hbond substituents is 1. The monoisotopic (exact) mass is 354 g/mol. The zero-order valence-corrected chi connectivity index (χ0v) is 12.4. The maximum Gasteiger partial charge on any atom is 0.165 e. The van der Waals surface area contributed by atoms with Crippen molar-refractivity contribution in [3.8, 4) is 11.8 Å². The maximum atomic E-state index is 13.3. The molecule has 20 heavy (non-hydrogen) atoms. The number of anilines is 1. The first-order valence-electron chi connectivity index (χ1n) is 5.61. The first kappa shape index (κ1) is 14.6. The van der Waals surface area contributed by atoms with Crippen LogP contribution in [0.5, 0.6) is 5.75 Å². The minimum Gasteiger partial charge on any atom is -0.505 e. The van der Waals surface area contributed by atoms with Crippen molar-refractivity contribution < 1.29 is 9.50 Å². The number of halogens is 3. The Morgan fingerprint density at radius 1 is 1.30 bits per heavy atom. The molecule has 3 nitrogen and oxygen atoms in total. The molecule has 0 saturated heterocycles. The number of nitriles is 1. The summed E-state index contributed by atoms with van der Waals surface area (Å²) in [4.78, 5) is 0. The molecule has 1 atom stereocenters. The minimum absolute atomic E-state index is 0.425. The van der Waals surface area contributed by atoms with E-state index in [4.69, 9.17) is 16.7 Å². The first-order valence-corrected chi connectivity index (χ1v) is 6.78. The van der Waals surface area contributed by atoms with Crippen LogP contribution in [0.3, 0.4) is 0 Å². The number of hydrogen-bond acceptors (Lipinski definition) is 3. The second-order valence-electron chi connectivity index (χ2n) is 4.05. The molecule has 2 rings (SSSR count). The summed E-state index contributed by atoms with van der Waals surface area (Å²) in [5.74, 6) is -1.21. The van der Waals surface area contributed by atoms with Crippen molar-refractivity contribution in [3.05, 3.63) is 57.3 Å². The van der Waals surface area contributed by atoms with Gasteiger partial charge in [-0.15, -0.1) is 0 Å². The molecule has 0 fully saturated rings. The quantitative estimate of drug-likeness (QED) is 0.844. The van der Waals surface area contributed by atoms with Crippen LogP contribution in [0.4, 0.5) is 10.1 Å². The predicted molar refractivity (Wildman–Crippen MR) is 79.2 cm³/mol. The second-order valence-corrected chi connectivity index (χ2v) is 5.31. The molecule has 0 bridgehead atoms. The van der Waals surface area contributed by atoms with Gasteiger partial charge in [-0.05, 0) is 51.8 Å². The number of nitrogens with one attached hydrogen (secondary N) is 1. The third-order valence-electron chi connectivity index (χ3n) is 2.66. The van der Waals surface area contributed by atoms with E-state index >= 15 is 0 Å². The number of phenols is 1. The Bertz CT molecular complexity index is 687. The molecule has 0 aromatic heterocycles. The fourth-order valence-electron chi connectivity index (χ4n) is 1.65. The Morgan fingerprint density at radius 3 is 2.65 bits per heavy atom. The smallest absolute Gasteiger partial charge is 0.165 e. The zero-order valence-electron chi connectivity index (χ0n) is 10.1. The molecule has 0 spiro atoms. The van der Waals surface area contributed by atoms with Gasteiger partial charge in [0.15, 0.2) is 11.6 Å². The van der Waals surface area contributed by atoms with Crippen molar-refractivity contribution in [2.45, 2.75) is 6.04 Å². The summed E-state index contributed by atoms with van der Waals surface area (Å²) in [7, 11) is 0. The molecule has 102 valence electrons. The molecule has 2 aromatic rings. The van der Waals surface area contributed by atoms with E-state index in [1.165, 1.54) is 12.1 Å². The van der Waals surface area contributed by atoms with E-state index in [1.54, 1.807) is 18.2 Å². The third kappa shape index (κ3) is 3.21. The van der Waals surface area contributed by atoms with Crippen LogP contribution >= 0.6 is 27.5 Å². The summed E-state index contributed by atoms with van der Waals surface area (Å²) in [6.07, 6.45) is 0. The van der Waals surface area contributed by atoms with Crippen molar-refractivity contribution in [2.75, 3.05) is 5.32 Å². The average molecular weight is 356 g/mol. The molecule has 0 radical (unpaired) electrons. The molecule has 1 unspecified atom stereocenters. The lowest BCUT2D eigenvalue weighted by atomic mass is 10.1. The van der Waals surface area contributed by atoms with Gasteiger partial charge in [-0.2, -0.15) is 5.26 Å². The topological polar surface area (TPSA) is 56.0 Å². The van der Waals surface area contributed by atoms with Crippen LogP contribution in [0.1, 0.15) is 11.6 Å². The molecular formula is C14H9BrClFN2O. The standard InChI is InChI=1S/C14H9BrClFN2O/c15-10-6-9(2-3-11(10)16)19-13(7-18)8-1-4-14(20)12(17)5-8/h1-6,13,19-20H. The Balaban J connectivity index is 2.26. The normalized spacial score (nSPS) is 11.7. The summed E-state index contributed by atoms with van der Waals surface area (Å²) in [5, 5.41) is 21.9. The number of aromatic hydroxyl groups is 1. The summed E-state index contributed by atoms with van der Waals surface area (Å²) in [5.41, 5.74) is 1.09. The van der Waals surface area contributed by atoms with Crippen LogP contribution in [-0.2, 0) is 0 Å². The van der Waals surface area contributed by atoms with Gasteiger partial charge >= 0.3 is 0 Å². The van der Waals surface area contributed by atoms with E-state index in [0.29, 0.717) is 20.7 Å². The average Bonchev–Trinajstić information content (AvgIpc) is 2.43. The van der Waals surface area contributed by atoms with E-state index in [1.807, 2.05) is 6.07 Å². The summed E-state index contributed by atoms with van der Waals surface area (Å²) >= 11 is 9.18. The lowest BCUT2D eigenvalue weighted by molar-refractivity contribution is 0.431. The van der Waals surface area contributed by atoms with E-state index in [0.717, 1.165) is 6.07 Å². The molecule has 0 aliphatic heterocycles. The molecule has 6 heteroatoms. The number of benzene rings is 2. The lowest BCUT2D eigenvalue weighted by Gasteiger charge is -2.14. The van der Waals surface area contributed by atoms with E-state index in [2.05, 4.69) is 21.2 Å². The van der Waals surface area contributed by atoms with Gasteiger partial charge in [0.2, 0.25) is 0 Å². The van der Waals surface area contributed by atoms with E-state index < -0.39 is 17.6 Å². The molecule has 2 aromatic carbocycles. The van der Waals surface area contributed by atoms with Crippen LogP contribution in [0.2, 0.25) is 5.02 Å². The SMILES string of the molecule is N#CC(Nc1ccc(Cl)c(Br)c1)c1ccc(O)c(F)c1. The van der Waals surface area contributed by atoms with Crippen molar-refractivity contribution in [1.29, 1.82) is 5.26 Å². The first-order chi connectivity index (χ1) is 9.51. The highest BCUT2D eigenvalue weighted by Crippen LogP contribution is 2.28. The fraction of sp³-hybridized carbons (Fsp3) is 0.0714. The largest absolute Gasteiger partial charge is 0.505 e. The molecule has 0 aliphatic carbocycles. The van der Waals surface area contributed by atoms with Crippen LogP contribution in [0.25, 0.3) is 0 Å². The molecule has 0 heterocycles. The van der Waals surface area contributed by atoms with Crippen LogP contribution in [0, 0.1) is 17.1 Å². The minimum atomic E-state index is -0.762. The van der Waals surface area contributed by atoms with Gasteiger partial charge in [0, 0.05) is 10.2 Å². The Hall–Kier alpha value is -1.77. The van der Waals surface area contributed by atoms with Gasteiger partial charge in [-0.25, -0.2) is 4.39 Å². The molecular weight excluding hydrogens is 347 g/mol. The Labute approximate surface area is 128 Å². The van der Waals surface area contributed by atoms with Gasteiger partial charge in [-0.3, -0.25) is 0 Å². The molecule has 0 amide bonds. The van der Waals surface area contributed by atoms with E-state index in [-0.39, 0.29) is 0 Å². The van der Waals surface area contributed by atoms with Gasteiger partial charge < -0.3 is 10.4 Å². The fourth-order valence-corrected chi connectivity index (χ4v) is 2.14. The van der Waals surface area contributed by atoms with Crippen LogP contribution in [-0.4, -0.2) is 5.11 Å². The van der Waals surface area contributed by atoms with Crippen molar-refractivity contribution in [2.24, 2.45) is 0 Å². The maximum absolute atomic E-state index is 13.3. The number of nitrogens with zero attached hydrogens (tertiary/aromatic N) is 1. The molecule has 2 N–H and O–H groups in total. The number of rotatable bonds is 3. The van der Waals surface area contributed by atoms with E-state index in [9.17, 15) is 9.65 Å². The summed E-state index contributed by atoms with van der Waals surface area (Å²) < 4.78 is 14.0. The molecule has 0 aliphatic rings.